The Morgan fingerprint density at radius 2 is 2.15 bits per heavy atom. The molecule has 2 aromatic rings. The zero-order valence-corrected chi connectivity index (χ0v) is 15.1. The molecule has 3 rings (SSSR count). The molecule has 10 heteroatoms. The predicted molar refractivity (Wildman–Crippen MR) is 91.7 cm³/mol. The summed E-state index contributed by atoms with van der Waals surface area (Å²) in [5.74, 6) is 0.00579. The molecule has 2 amide bonds. The van der Waals surface area contributed by atoms with E-state index in [0.29, 0.717) is 25.9 Å². The van der Waals surface area contributed by atoms with Gasteiger partial charge in [0.1, 0.15) is 12.9 Å². The molecule has 1 aliphatic heterocycles. The molecule has 10 nitrogen and oxygen atoms in total. The maximum absolute atomic E-state index is 12.5. The quantitative estimate of drug-likeness (QED) is 0.761. The number of fused-ring (bicyclic) bond motifs is 1. The van der Waals surface area contributed by atoms with Crippen molar-refractivity contribution in [3.63, 3.8) is 0 Å². The van der Waals surface area contributed by atoms with E-state index in [2.05, 4.69) is 25.9 Å². The molecule has 0 saturated carbocycles. The summed E-state index contributed by atoms with van der Waals surface area (Å²) in [5.41, 5.74) is 1.88. The van der Waals surface area contributed by atoms with Crippen LogP contribution in [0, 0.1) is 0 Å². The van der Waals surface area contributed by atoms with Crippen molar-refractivity contribution in [1.82, 2.24) is 40.2 Å². The first-order valence-electron chi connectivity index (χ1n) is 8.85. The summed E-state index contributed by atoms with van der Waals surface area (Å²) in [5, 5.41) is 18.3. The van der Waals surface area contributed by atoms with Crippen LogP contribution < -0.4 is 5.32 Å². The topological polar surface area (TPSA) is 111 Å². The number of amides is 2. The molecule has 3 heterocycles. The first kappa shape index (κ1) is 18.0. The summed E-state index contributed by atoms with van der Waals surface area (Å²) < 4.78 is 3.36. The van der Waals surface area contributed by atoms with Crippen LogP contribution in [-0.4, -0.2) is 59.3 Å². The van der Waals surface area contributed by atoms with Crippen LogP contribution in [0.4, 0.5) is 0 Å². The number of carbonyl (C=O) groups excluding carboxylic acids is 2. The monoisotopic (exact) mass is 360 g/mol. The van der Waals surface area contributed by atoms with Crippen molar-refractivity contribution in [3.8, 4) is 0 Å². The highest BCUT2D eigenvalue weighted by Crippen LogP contribution is 2.15. The number of hydrogen-bond donors (Lipinski definition) is 1. The van der Waals surface area contributed by atoms with E-state index in [9.17, 15) is 9.59 Å². The molecule has 1 aliphatic rings. The summed E-state index contributed by atoms with van der Waals surface area (Å²) in [4.78, 5) is 26.1. The highest BCUT2D eigenvalue weighted by atomic mass is 16.2. The number of nitrogens with zero attached hydrogens (tertiary/aromatic N) is 7. The van der Waals surface area contributed by atoms with E-state index < -0.39 is 0 Å². The third kappa shape index (κ3) is 4.64. The Bertz CT molecular complexity index is 752. The van der Waals surface area contributed by atoms with E-state index in [1.807, 2.05) is 24.6 Å². The minimum absolute atomic E-state index is 0.0233. The molecule has 0 aromatic carbocycles. The van der Waals surface area contributed by atoms with Gasteiger partial charge in [0.25, 0.3) is 0 Å². The molecule has 0 spiro atoms. The zero-order valence-electron chi connectivity index (χ0n) is 15.1. The Balaban J connectivity index is 1.60. The van der Waals surface area contributed by atoms with Gasteiger partial charge in [-0.3, -0.25) is 14.3 Å². The van der Waals surface area contributed by atoms with Gasteiger partial charge in [0.2, 0.25) is 11.8 Å². The smallest absolute Gasteiger partial charge is 0.244 e. The molecule has 26 heavy (non-hydrogen) atoms. The second-order valence-electron chi connectivity index (χ2n) is 6.75. The number of aryl methyl sites for hydroxylation is 2. The molecule has 0 saturated heterocycles. The second-order valence-corrected chi connectivity index (χ2v) is 6.75. The van der Waals surface area contributed by atoms with Gasteiger partial charge in [-0.2, -0.15) is 5.10 Å². The van der Waals surface area contributed by atoms with Crippen LogP contribution in [0.5, 0.6) is 0 Å². The van der Waals surface area contributed by atoms with Crippen LogP contribution in [0.15, 0.2) is 12.4 Å². The molecule has 140 valence electrons. The molecule has 0 atom stereocenters. The number of carbonyl (C=O) groups is 2. The largest absolute Gasteiger partial charge is 0.354 e. The Labute approximate surface area is 151 Å². The lowest BCUT2D eigenvalue weighted by atomic mass is 10.2. The van der Waals surface area contributed by atoms with Crippen LogP contribution in [0.2, 0.25) is 0 Å². The zero-order chi connectivity index (χ0) is 18.5. The van der Waals surface area contributed by atoms with Crippen LogP contribution in [0.1, 0.15) is 38.1 Å². The molecule has 0 radical (unpaired) electrons. The molecular formula is C16H24N8O2. The van der Waals surface area contributed by atoms with Crippen molar-refractivity contribution >= 4 is 11.8 Å². The fourth-order valence-electron chi connectivity index (χ4n) is 2.98. The third-order valence-corrected chi connectivity index (χ3v) is 4.16. The van der Waals surface area contributed by atoms with Crippen molar-refractivity contribution < 1.29 is 9.59 Å². The number of rotatable bonds is 6. The maximum Gasteiger partial charge on any atom is 0.244 e. The molecule has 1 N–H and O–H groups in total. The SMILES string of the molecule is CC(C)NC(=O)CCc1cc2n(n1)CCCN(C(=O)Cn1cnnn1)C2. The van der Waals surface area contributed by atoms with Crippen LogP contribution >= 0.6 is 0 Å². The van der Waals surface area contributed by atoms with Gasteiger partial charge in [-0.05, 0) is 36.8 Å². The van der Waals surface area contributed by atoms with Crippen LogP contribution in [0.3, 0.4) is 0 Å². The van der Waals surface area contributed by atoms with E-state index in [0.717, 1.165) is 24.4 Å². The molecule has 0 aliphatic carbocycles. The highest BCUT2D eigenvalue weighted by Gasteiger charge is 2.21. The van der Waals surface area contributed by atoms with E-state index >= 15 is 0 Å². The Hall–Kier alpha value is -2.78. The molecule has 0 bridgehead atoms. The molecular weight excluding hydrogens is 336 g/mol. The average Bonchev–Trinajstić information content (AvgIpc) is 3.17. The second kappa shape index (κ2) is 8.07. The van der Waals surface area contributed by atoms with Crippen molar-refractivity contribution in [1.29, 1.82) is 0 Å². The number of tetrazole rings is 1. The lowest BCUT2D eigenvalue weighted by Crippen LogP contribution is -2.33. The number of aromatic nitrogens is 6. The van der Waals surface area contributed by atoms with E-state index in [1.54, 1.807) is 4.90 Å². The lowest BCUT2D eigenvalue weighted by molar-refractivity contribution is -0.132. The lowest BCUT2D eigenvalue weighted by Gasteiger charge is -2.19. The van der Waals surface area contributed by atoms with Gasteiger partial charge < -0.3 is 10.2 Å². The van der Waals surface area contributed by atoms with Gasteiger partial charge in [0, 0.05) is 32.0 Å². The predicted octanol–water partition coefficient (Wildman–Crippen LogP) is -0.241. The summed E-state index contributed by atoms with van der Waals surface area (Å²) >= 11 is 0. The fraction of sp³-hybridized carbons (Fsp3) is 0.625. The first-order chi connectivity index (χ1) is 12.5. The highest BCUT2D eigenvalue weighted by molar-refractivity contribution is 5.76. The maximum atomic E-state index is 12.5. The number of nitrogens with one attached hydrogen (secondary N) is 1. The third-order valence-electron chi connectivity index (χ3n) is 4.16. The molecule has 2 aromatic heterocycles. The molecule has 0 unspecified atom stereocenters. The van der Waals surface area contributed by atoms with Crippen molar-refractivity contribution in [2.24, 2.45) is 0 Å². The Morgan fingerprint density at radius 1 is 1.31 bits per heavy atom. The average molecular weight is 360 g/mol. The summed E-state index contributed by atoms with van der Waals surface area (Å²) in [6, 6.07) is 2.13. The van der Waals surface area contributed by atoms with E-state index in [1.165, 1.54) is 11.0 Å². The fourth-order valence-corrected chi connectivity index (χ4v) is 2.98. The Kier molecular flexibility index (Phi) is 5.59. The summed E-state index contributed by atoms with van der Waals surface area (Å²) in [6.07, 6.45) is 3.28. The van der Waals surface area contributed by atoms with Gasteiger partial charge in [-0.1, -0.05) is 0 Å². The van der Waals surface area contributed by atoms with E-state index in [-0.39, 0.29) is 24.4 Å². The Morgan fingerprint density at radius 3 is 2.88 bits per heavy atom. The van der Waals surface area contributed by atoms with Gasteiger partial charge in [-0.25, -0.2) is 4.68 Å². The minimum atomic E-state index is -0.0233. The summed E-state index contributed by atoms with van der Waals surface area (Å²) in [7, 11) is 0. The number of hydrogen-bond acceptors (Lipinski definition) is 6. The molecule has 0 fully saturated rings. The first-order valence-corrected chi connectivity index (χ1v) is 8.85. The van der Waals surface area contributed by atoms with Gasteiger partial charge in [-0.15, -0.1) is 5.10 Å². The van der Waals surface area contributed by atoms with Crippen LogP contribution in [-0.2, 0) is 35.6 Å². The van der Waals surface area contributed by atoms with Gasteiger partial charge >= 0.3 is 0 Å². The standard InChI is InChI=1S/C16H24N8O2/c1-12(2)18-15(25)5-4-13-8-14-9-22(6-3-7-24(14)19-13)16(26)10-23-11-17-20-21-23/h8,11-12H,3-7,9-10H2,1-2H3,(H,18,25). The minimum Gasteiger partial charge on any atom is -0.354 e. The van der Waals surface area contributed by atoms with Crippen molar-refractivity contribution in [2.75, 3.05) is 6.54 Å². The van der Waals surface area contributed by atoms with Crippen molar-refractivity contribution in [2.45, 2.75) is 58.8 Å². The van der Waals surface area contributed by atoms with Gasteiger partial charge in [0.05, 0.1) is 17.9 Å². The van der Waals surface area contributed by atoms with Crippen LogP contribution in [0.25, 0.3) is 0 Å². The van der Waals surface area contributed by atoms with E-state index in [4.69, 9.17) is 0 Å². The van der Waals surface area contributed by atoms with Gasteiger partial charge in [0.15, 0.2) is 0 Å². The van der Waals surface area contributed by atoms with Crippen molar-refractivity contribution in [3.05, 3.63) is 23.8 Å². The normalized spacial score (nSPS) is 14.2. The summed E-state index contributed by atoms with van der Waals surface area (Å²) in [6.45, 7) is 5.96.